The standard InChI is InChI=1S/C20H27N7O4/c1-28-16-3-4-17(29-2)15(13-16)14-21-25-18-22-19(26-5-9-30-10-6-26)24-20(23-18)27-7-11-31-12-8-27/h3-4,13-14H,5-12H2,1-2H3,(H,22,23,24,25)/b21-14+. The molecule has 1 aromatic carbocycles. The van der Waals surface area contributed by atoms with Gasteiger partial charge >= 0.3 is 0 Å². The Kier molecular flexibility index (Phi) is 6.95. The van der Waals surface area contributed by atoms with Crippen molar-refractivity contribution in [1.29, 1.82) is 0 Å². The first kappa shape index (κ1) is 21.1. The minimum Gasteiger partial charge on any atom is -0.497 e. The quantitative estimate of drug-likeness (QED) is 0.506. The molecule has 0 unspecified atom stereocenters. The Morgan fingerprint density at radius 1 is 0.903 bits per heavy atom. The lowest BCUT2D eigenvalue weighted by Crippen LogP contribution is -2.40. The van der Waals surface area contributed by atoms with Crippen LogP contribution in [-0.4, -0.2) is 88.0 Å². The number of nitrogens with zero attached hydrogens (tertiary/aromatic N) is 6. The van der Waals surface area contributed by atoms with E-state index in [2.05, 4.69) is 35.3 Å². The largest absolute Gasteiger partial charge is 0.497 e. The Hall–Kier alpha value is -3.18. The fourth-order valence-electron chi connectivity index (χ4n) is 3.31. The Bertz CT molecular complexity index is 863. The second-order valence-corrected chi connectivity index (χ2v) is 6.94. The van der Waals surface area contributed by atoms with Crippen molar-refractivity contribution in [3.8, 4) is 11.5 Å². The van der Waals surface area contributed by atoms with Crippen LogP contribution in [0.3, 0.4) is 0 Å². The first-order chi connectivity index (χ1) is 15.3. The molecule has 0 radical (unpaired) electrons. The van der Waals surface area contributed by atoms with E-state index in [1.807, 2.05) is 18.2 Å². The molecule has 3 heterocycles. The fraction of sp³-hybridized carbons (Fsp3) is 0.500. The average Bonchev–Trinajstić information content (AvgIpc) is 2.85. The van der Waals surface area contributed by atoms with E-state index in [4.69, 9.17) is 18.9 Å². The topological polar surface area (TPSA) is 106 Å². The van der Waals surface area contributed by atoms with Crippen molar-refractivity contribution in [3.63, 3.8) is 0 Å². The van der Waals surface area contributed by atoms with Gasteiger partial charge in [-0.25, -0.2) is 5.43 Å². The molecule has 31 heavy (non-hydrogen) atoms. The van der Waals surface area contributed by atoms with Crippen LogP contribution >= 0.6 is 0 Å². The zero-order valence-electron chi connectivity index (χ0n) is 17.8. The fourth-order valence-corrected chi connectivity index (χ4v) is 3.31. The summed E-state index contributed by atoms with van der Waals surface area (Å²) >= 11 is 0. The van der Waals surface area contributed by atoms with E-state index in [0.717, 1.165) is 31.7 Å². The maximum absolute atomic E-state index is 5.45. The molecule has 2 aromatic rings. The summed E-state index contributed by atoms with van der Waals surface area (Å²) in [5.41, 5.74) is 3.70. The van der Waals surface area contributed by atoms with Gasteiger partial charge in [-0.3, -0.25) is 0 Å². The van der Waals surface area contributed by atoms with Gasteiger partial charge in [-0.05, 0) is 18.2 Å². The van der Waals surface area contributed by atoms with Gasteiger partial charge in [0.15, 0.2) is 0 Å². The summed E-state index contributed by atoms with van der Waals surface area (Å²) in [7, 11) is 3.23. The summed E-state index contributed by atoms with van der Waals surface area (Å²) < 4.78 is 21.6. The van der Waals surface area contributed by atoms with Gasteiger partial charge in [0.05, 0.1) is 46.9 Å². The van der Waals surface area contributed by atoms with Crippen LogP contribution in [0.1, 0.15) is 5.56 Å². The van der Waals surface area contributed by atoms with Crippen LogP contribution in [0.4, 0.5) is 17.8 Å². The predicted octanol–water partition coefficient (Wildman–Crippen LogP) is 1.01. The first-order valence-corrected chi connectivity index (χ1v) is 10.2. The maximum atomic E-state index is 5.45. The number of benzene rings is 1. The highest BCUT2D eigenvalue weighted by Crippen LogP contribution is 2.23. The van der Waals surface area contributed by atoms with Crippen LogP contribution < -0.4 is 24.7 Å². The number of hydrogen-bond donors (Lipinski definition) is 1. The average molecular weight is 429 g/mol. The van der Waals surface area contributed by atoms with Gasteiger partial charge in [0, 0.05) is 31.7 Å². The van der Waals surface area contributed by atoms with Crippen molar-refractivity contribution in [2.45, 2.75) is 0 Å². The number of hydrazone groups is 1. The molecule has 0 amide bonds. The van der Waals surface area contributed by atoms with Gasteiger partial charge < -0.3 is 28.7 Å². The van der Waals surface area contributed by atoms with Crippen molar-refractivity contribution < 1.29 is 18.9 Å². The SMILES string of the molecule is COc1ccc(OC)c(/C=N/Nc2nc(N3CCOCC3)nc(N3CCOCC3)n2)c1. The predicted molar refractivity (Wildman–Crippen MR) is 117 cm³/mol. The van der Waals surface area contributed by atoms with Crippen LogP contribution in [-0.2, 0) is 9.47 Å². The number of rotatable bonds is 7. The van der Waals surface area contributed by atoms with Crippen LogP contribution in [0.15, 0.2) is 23.3 Å². The molecule has 2 saturated heterocycles. The number of ether oxygens (including phenoxy) is 4. The molecule has 2 aliphatic heterocycles. The van der Waals surface area contributed by atoms with Crippen molar-refractivity contribution in [3.05, 3.63) is 23.8 Å². The summed E-state index contributed by atoms with van der Waals surface area (Å²) in [6, 6.07) is 5.50. The molecule has 2 fully saturated rings. The van der Waals surface area contributed by atoms with Crippen LogP contribution in [0.2, 0.25) is 0 Å². The lowest BCUT2D eigenvalue weighted by atomic mass is 10.2. The third-order valence-electron chi connectivity index (χ3n) is 5.00. The molecule has 1 aromatic heterocycles. The van der Waals surface area contributed by atoms with Crippen LogP contribution in [0, 0.1) is 0 Å². The number of hydrogen-bond acceptors (Lipinski definition) is 11. The summed E-state index contributed by atoms with van der Waals surface area (Å²) in [5, 5.41) is 4.32. The molecule has 0 saturated carbocycles. The molecular weight excluding hydrogens is 402 g/mol. The van der Waals surface area contributed by atoms with Crippen molar-refractivity contribution >= 4 is 24.1 Å². The molecule has 0 aliphatic carbocycles. The molecule has 11 heteroatoms. The summed E-state index contributed by atoms with van der Waals surface area (Å²) in [4.78, 5) is 18.0. The van der Waals surface area contributed by atoms with E-state index < -0.39 is 0 Å². The highest BCUT2D eigenvalue weighted by Gasteiger charge is 2.20. The summed E-state index contributed by atoms with van der Waals surface area (Å²) in [6.07, 6.45) is 1.65. The van der Waals surface area contributed by atoms with Gasteiger partial charge in [-0.15, -0.1) is 0 Å². The highest BCUT2D eigenvalue weighted by atomic mass is 16.5. The summed E-state index contributed by atoms with van der Waals surface area (Å²) in [5.74, 6) is 2.99. The minimum atomic E-state index is 0.371. The van der Waals surface area contributed by atoms with Gasteiger partial charge in [0.25, 0.3) is 0 Å². The highest BCUT2D eigenvalue weighted by molar-refractivity contribution is 5.84. The van der Waals surface area contributed by atoms with Crippen LogP contribution in [0.25, 0.3) is 0 Å². The van der Waals surface area contributed by atoms with E-state index in [1.54, 1.807) is 20.4 Å². The Morgan fingerprint density at radius 2 is 1.52 bits per heavy atom. The molecule has 0 bridgehead atoms. The third kappa shape index (κ3) is 5.30. The molecule has 4 rings (SSSR count). The van der Waals surface area contributed by atoms with E-state index in [1.165, 1.54) is 0 Å². The number of nitrogens with one attached hydrogen (secondary N) is 1. The maximum Gasteiger partial charge on any atom is 0.250 e. The summed E-state index contributed by atoms with van der Waals surface area (Å²) in [6.45, 7) is 5.52. The molecule has 0 atom stereocenters. The zero-order valence-corrected chi connectivity index (χ0v) is 17.8. The van der Waals surface area contributed by atoms with Crippen molar-refractivity contribution in [2.24, 2.45) is 5.10 Å². The Labute approximate surface area is 181 Å². The molecule has 1 N–H and O–H groups in total. The van der Waals surface area contributed by atoms with Gasteiger partial charge in [-0.1, -0.05) is 0 Å². The van der Waals surface area contributed by atoms with E-state index in [-0.39, 0.29) is 0 Å². The smallest absolute Gasteiger partial charge is 0.250 e. The van der Waals surface area contributed by atoms with E-state index in [0.29, 0.717) is 55.8 Å². The Morgan fingerprint density at radius 3 is 2.06 bits per heavy atom. The molecular formula is C20H27N7O4. The minimum absolute atomic E-state index is 0.371. The van der Waals surface area contributed by atoms with E-state index >= 15 is 0 Å². The second-order valence-electron chi connectivity index (χ2n) is 6.94. The monoisotopic (exact) mass is 429 g/mol. The third-order valence-corrected chi connectivity index (χ3v) is 5.00. The normalized spacial score (nSPS) is 17.1. The molecule has 166 valence electrons. The van der Waals surface area contributed by atoms with Crippen LogP contribution in [0.5, 0.6) is 11.5 Å². The number of morpholine rings is 2. The lowest BCUT2D eigenvalue weighted by Gasteiger charge is -2.30. The number of anilines is 3. The second kappa shape index (κ2) is 10.2. The zero-order chi connectivity index (χ0) is 21.5. The van der Waals surface area contributed by atoms with Crippen molar-refractivity contribution in [1.82, 2.24) is 15.0 Å². The number of methoxy groups -OCH3 is 2. The Balaban J connectivity index is 1.57. The lowest BCUT2D eigenvalue weighted by molar-refractivity contribution is 0.121. The van der Waals surface area contributed by atoms with E-state index in [9.17, 15) is 0 Å². The van der Waals surface area contributed by atoms with Gasteiger partial charge in [-0.2, -0.15) is 20.1 Å². The van der Waals surface area contributed by atoms with Gasteiger partial charge in [0.2, 0.25) is 17.8 Å². The molecule has 11 nitrogen and oxygen atoms in total. The van der Waals surface area contributed by atoms with Gasteiger partial charge in [0.1, 0.15) is 11.5 Å². The number of aromatic nitrogens is 3. The first-order valence-electron chi connectivity index (χ1n) is 10.2. The molecule has 2 aliphatic rings. The van der Waals surface area contributed by atoms with Crippen molar-refractivity contribution in [2.75, 3.05) is 82.1 Å². The molecule has 0 spiro atoms.